The Hall–Kier alpha value is -1.26. The topological polar surface area (TPSA) is 49.8 Å². The monoisotopic (exact) mass is 255 g/mol. The minimum atomic E-state index is -0.186. The first-order valence-corrected chi connectivity index (χ1v) is 5.85. The van der Waals surface area contributed by atoms with Gasteiger partial charge >= 0.3 is 0 Å². The molecule has 1 aliphatic rings. The van der Waals surface area contributed by atoms with E-state index in [2.05, 4.69) is 0 Å². The summed E-state index contributed by atoms with van der Waals surface area (Å²) >= 11 is 5.73. The van der Waals surface area contributed by atoms with E-state index in [1.807, 2.05) is 6.92 Å². The van der Waals surface area contributed by atoms with E-state index in [-0.39, 0.29) is 23.3 Å². The molecule has 1 unspecified atom stereocenters. The third-order valence-electron chi connectivity index (χ3n) is 2.72. The smallest absolute Gasteiger partial charge is 0.257 e. The standard InChI is InChI=1S/C12H14ClNO3/c1-8-7-14(4-5-17-8)12(16)10-3-2-9(13)6-11(10)15/h2-3,6,8,15H,4-5,7H2,1H3. The highest BCUT2D eigenvalue weighted by atomic mass is 35.5. The summed E-state index contributed by atoms with van der Waals surface area (Å²) in [5.41, 5.74) is 0.281. The van der Waals surface area contributed by atoms with Crippen LogP contribution in [0.15, 0.2) is 18.2 Å². The van der Waals surface area contributed by atoms with Crippen LogP contribution in [0.3, 0.4) is 0 Å². The lowest BCUT2D eigenvalue weighted by Crippen LogP contribution is -2.44. The van der Waals surface area contributed by atoms with Crippen LogP contribution in [0.1, 0.15) is 17.3 Å². The number of morpholine rings is 1. The Labute approximate surface area is 105 Å². The highest BCUT2D eigenvalue weighted by Crippen LogP contribution is 2.23. The summed E-state index contributed by atoms with van der Waals surface area (Å²) in [4.78, 5) is 13.8. The van der Waals surface area contributed by atoms with E-state index in [0.29, 0.717) is 24.7 Å². The fourth-order valence-corrected chi connectivity index (χ4v) is 2.03. The van der Waals surface area contributed by atoms with Gasteiger partial charge in [0.05, 0.1) is 18.3 Å². The Morgan fingerprint density at radius 3 is 3.00 bits per heavy atom. The van der Waals surface area contributed by atoms with Crippen LogP contribution in [0.25, 0.3) is 0 Å². The molecular formula is C12H14ClNO3. The molecule has 0 aromatic heterocycles. The Morgan fingerprint density at radius 1 is 1.59 bits per heavy atom. The first kappa shape index (κ1) is 12.2. The van der Waals surface area contributed by atoms with Crippen molar-refractivity contribution in [2.45, 2.75) is 13.0 Å². The van der Waals surface area contributed by atoms with Crippen molar-refractivity contribution in [1.29, 1.82) is 0 Å². The largest absolute Gasteiger partial charge is 0.507 e. The van der Waals surface area contributed by atoms with Gasteiger partial charge in [-0.1, -0.05) is 11.6 Å². The van der Waals surface area contributed by atoms with Crippen LogP contribution in [0.2, 0.25) is 5.02 Å². The molecule has 0 radical (unpaired) electrons. The van der Waals surface area contributed by atoms with Crippen molar-refractivity contribution in [3.8, 4) is 5.75 Å². The SMILES string of the molecule is CC1CN(C(=O)c2ccc(Cl)cc2O)CCO1. The molecule has 4 nitrogen and oxygen atoms in total. The van der Waals surface area contributed by atoms with E-state index in [0.717, 1.165) is 0 Å². The molecule has 17 heavy (non-hydrogen) atoms. The zero-order valence-electron chi connectivity index (χ0n) is 9.52. The molecule has 1 aromatic rings. The number of rotatable bonds is 1. The van der Waals surface area contributed by atoms with Gasteiger partial charge in [-0.3, -0.25) is 4.79 Å². The number of ether oxygens (including phenoxy) is 1. The van der Waals surface area contributed by atoms with Crippen LogP contribution in [-0.4, -0.2) is 41.7 Å². The average Bonchev–Trinajstić information content (AvgIpc) is 2.28. The minimum Gasteiger partial charge on any atom is -0.507 e. The lowest BCUT2D eigenvalue weighted by molar-refractivity contribution is -0.0125. The van der Waals surface area contributed by atoms with Crippen LogP contribution >= 0.6 is 11.6 Å². The van der Waals surface area contributed by atoms with Gasteiger partial charge in [-0.15, -0.1) is 0 Å². The first-order chi connectivity index (χ1) is 8.08. The quantitative estimate of drug-likeness (QED) is 0.834. The van der Waals surface area contributed by atoms with Crippen LogP contribution in [0, 0.1) is 0 Å². The number of phenolic OH excluding ortho intramolecular Hbond substituents is 1. The first-order valence-electron chi connectivity index (χ1n) is 5.47. The van der Waals surface area contributed by atoms with Gasteiger partial charge in [-0.05, 0) is 25.1 Å². The third-order valence-corrected chi connectivity index (χ3v) is 2.95. The summed E-state index contributed by atoms with van der Waals surface area (Å²) in [5, 5.41) is 10.1. The van der Waals surface area contributed by atoms with Gasteiger partial charge in [0.2, 0.25) is 0 Å². The molecule has 1 aromatic carbocycles. The number of hydrogen-bond acceptors (Lipinski definition) is 3. The molecule has 1 amide bonds. The molecule has 5 heteroatoms. The Morgan fingerprint density at radius 2 is 2.35 bits per heavy atom. The number of carbonyl (C=O) groups excluding carboxylic acids is 1. The summed E-state index contributed by atoms with van der Waals surface area (Å²) in [6, 6.07) is 4.51. The number of nitrogens with zero attached hydrogens (tertiary/aromatic N) is 1. The number of amides is 1. The molecule has 1 heterocycles. The van der Waals surface area contributed by atoms with E-state index in [1.165, 1.54) is 6.07 Å². The number of halogens is 1. The second-order valence-electron chi connectivity index (χ2n) is 4.09. The zero-order valence-corrected chi connectivity index (χ0v) is 10.3. The molecule has 0 bridgehead atoms. The van der Waals surface area contributed by atoms with E-state index in [4.69, 9.17) is 16.3 Å². The van der Waals surface area contributed by atoms with Gasteiger partial charge in [-0.25, -0.2) is 0 Å². The molecule has 0 aliphatic carbocycles. The molecule has 1 aliphatic heterocycles. The Balaban J connectivity index is 2.18. The fourth-order valence-electron chi connectivity index (χ4n) is 1.86. The zero-order chi connectivity index (χ0) is 12.4. The van der Waals surface area contributed by atoms with Crippen molar-refractivity contribution in [1.82, 2.24) is 4.90 Å². The van der Waals surface area contributed by atoms with Gasteiger partial charge in [0.15, 0.2) is 0 Å². The van der Waals surface area contributed by atoms with Crippen molar-refractivity contribution < 1.29 is 14.6 Å². The van der Waals surface area contributed by atoms with Crippen molar-refractivity contribution >= 4 is 17.5 Å². The van der Waals surface area contributed by atoms with Crippen molar-refractivity contribution in [3.05, 3.63) is 28.8 Å². The summed E-state index contributed by atoms with van der Waals surface area (Å²) in [6.45, 7) is 3.54. The number of aromatic hydroxyl groups is 1. The lowest BCUT2D eigenvalue weighted by atomic mass is 10.1. The predicted octanol–water partition coefficient (Wildman–Crippen LogP) is 1.91. The second-order valence-corrected chi connectivity index (χ2v) is 4.53. The molecule has 92 valence electrons. The highest BCUT2D eigenvalue weighted by molar-refractivity contribution is 6.30. The summed E-state index contributed by atoms with van der Waals surface area (Å²) in [6.07, 6.45) is 0.0298. The van der Waals surface area contributed by atoms with Crippen molar-refractivity contribution in [3.63, 3.8) is 0 Å². The molecule has 0 saturated carbocycles. The lowest BCUT2D eigenvalue weighted by Gasteiger charge is -2.31. The summed E-state index contributed by atoms with van der Waals surface area (Å²) < 4.78 is 5.37. The van der Waals surface area contributed by atoms with Crippen LogP contribution < -0.4 is 0 Å². The van der Waals surface area contributed by atoms with E-state index in [1.54, 1.807) is 17.0 Å². The maximum absolute atomic E-state index is 12.1. The molecule has 0 spiro atoms. The van der Waals surface area contributed by atoms with E-state index < -0.39 is 0 Å². The van der Waals surface area contributed by atoms with Crippen molar-refractivity contribution in [2.75, 3.05) is 19.7 Å². The summed E-state index contributed by atoms with van der Waals surface area (Å²) in [5.74, 6) is -0.268. The second kappa shape index (κ2) is 4.94. The number of hydrogen-bond donors (Lipinski definition) is 1. The van der Waals surface area contributed by atoms with Gasteiger partial charge in [-0.2, -0.15) is 0 Å². The maximum atomic E-state index is 12.1. The number of benzene rings is 1. The van der Waals surface area contributed by atoms with Crippen LogP contribution in [-0.2, 0) is 4.74 Å². The molecule has 1 N–H and O–H groups in total. The van der Waals surface area contributed by atoms with Gasteiger partial charge in [0.1, 0.15) is 5.75 Å². The molecule has 2 rings (SSSR count). The number of phenols is 1. The van der Waals surface area contributed by atoms with Crippen LogP contribution in [0.4, 0.5) is 0 Å². The average molecular weight is 256 g/mol. The van der Waals surface area contributed by atoms with Gasteiger partial charge in [0.25, 0.3) is 5.91 Å². The Bertz CT molecular complexity index is 436. The van der Waals surface area contributed by atoms with Gasteiger partial charge in [0, 0.05) is 18.1 Å². The fraction of sp³-hybridized carbons (Fsp3) is 0.417. The summed E-state index contributed by atoms with van der Waals surface area (Å²) in [7, 11) is 0. The number of carbonyl (C=O) groups is 1. The van der Waals surface area contributed by atoms with E-state index in [9.17, 15) is 9.90 Å². The molecule has 1 atom stereocenters. The normalized spacial score (nSPS) is 20.4. The molecular weight excluding hydrogens is 242 g/mol. The predicted molar refractivity (Wildman–Crippen MR) is 64.4 cm³/mol. The minimum absolute atomic E-state index is 0.0298. The van der Waals surface area contributed by atoms with Crippen LogP contribution in [0.5, 0.6) is 5.75 Å². The highest BCUT2D eigenvalue weighted by Gasteiger charge is 2.24. The van der Waals surface area contributed by atoms with Gasteiger partial charge < -0.3 is 14.7 Å². The molecule has 1 fully saturated rings. The van der Waals surface area contributed by atoms with E-state index >= 15 is 0 Å². The Kier molecular flexibility index (Phi) is 3.54. The molecule has 1 saturated heterocycles. The third kappa shape index (κ3) is 2.70. The van der Waals surface area contributed by atoms with Crippen molar-refractivity contribution in [2.24, 2.45) is 0 Å². The maximum Gasteiger partial charge on any atom is 0.257 e.